The average molecular weight is 254 g/mol. The zero-order valence-corrected chi connectivity index (χ0v) is 10.3. The van der Waals surface area contributed by atoms with Crippen LogP contribution < -0.4 is 4.74 Å². The van der Waals surface area contributed by atoms with Gasteiger partial charge >= 0.3 is 0 Å². The Labute approximate surface area is 104 Å². The van der Waals surface area contributed by atoms with Crippen LogP contribution in [0.2, 0.25) is 0 Å². The van der Waals surface area contributed by atoms with E-state index in [0.717, 1.165) is 12.2 Å². The van der Waals surface area contributed by atoms with Crippen LogP contribution in [0, 0.1) is 11.7 Å². The molecule has 0 amide bonds. The second kappa shape index (κ2) is 4.50. The summed E-state index contributed by atoms with van der Waals surface area (Å²) in [5.41, 5.74) is 0.590. The molecule has 92 valence electrons. The van der Waals surface area contributed by atoms with Crippen molar-refractivity contribution in [3.63, 3.8) is 0 Å². The Bertz CT molecular complexity index is 418. The number of aliphatic hydroxyl groups is 1. The largest absolute Gasteiger partial charge is 0.490 e. The Balaban J connectivity index is 1.84. The highest BCUT2D eigenvalue weighted by molar-refractivity contribution is 7.99. The molecule has 0 aliphatic carbocycles. The highest BCUT2D eigenvalue weighted by Gasteiger charge is 2.34. The zero-order valence-electron chi connectivity index (χ0n) is 9.43. The number of aliphatic hydroxyl groups excluding tert-OH is 1. The Morgan fingerprint density at radius 1 is 1.41 bits per heavy atom. The van der Waals surface area contributed by atoms with Gasteiger partial charge in [-0.05, 0) is 36.1 Å². The van der Waals surface area contributed by atoms with Gasteiger partial charge in [-0.15, -0.1) is 0 Å². The molecule has 1 N–H and O–H groups in total. The van der Waals surface area contributed by atoms with Crippen molar-refractivity contribution in [3.8, 4) is 5.75 Å². The van der Waals surface area contributed by atoms with Gasteiger partial charge in [-0.2, -0.15) is 11.8 Å². The minimum Gasteiger partial charge on any atom is -0.490 e. The lowest BCUT2D eigenvalue weighted by Gasteiger charge is -2.32. The number of hydrogen-bond acceptors (Lipinski definition) is 3. The van der Waals surface area contributed by atoms with E-state index in [-0.39, 0.29) is 11.9 Å². The number of halogens is 1. The molecule has 3 atom stereocenters. The molecule has 2 nitrogen and oxygen atoms in total. The third-order valence-corrected chi connectivity index (χ3v) is 4.74. The first-order valence-corrected chi connectivity index (χ1v) is 7.11. The van der Waals surface area contributed by atoms with E-state index in [2.05, 4.69) is 0 Å². The number of fused-ring (bicyclic) bond motifs is 1. The second-order valence-electron chi connectivity index (χ2n) is 4.71. The van der Waals surface area contributed by atoms with Gasteiger partial charge < -0.3 is 9.84 Å². The summed E-state index contributed by atoms with van der Waals surface area (Å²) < 4.78 is 19.0. The summed E-state index contributed by atoms with van der Waals surface area (Å²) in [6.45, 7) is 0. The first-order valence-electron chi connectivity index (χ1n) is 5.96. The third kappa shape index (κ3) is 2.16. The molecule has 2 aliphatic rings. The van der Waals surface area contributed by atoms with Crippen LogP contribution in [0.25, 0.3) is 0 Å². The molecule has 0 spiro atoms. The average Bonchev–Trinajstić information content (AvgIpc) is 2.83. The van der Waals surface area contributed by atoms with Gasteiger partial charge in [0.1, 0.15) is 17.7 Å². The number of benzene rings is 1. The van der Waals surface area contributed by atoms with Crippen molar-refractivity contribution in [3.05, 3.63) is 29.6 Å². The summed E-state index contributed by atoms with van der Waals surface area (Å²) in [5, 5.41) is 10.1. The normalized spacial score (nSPS) is 32.0. The van der Waals surface area contributed by atoms with Gasteiger partial charge in [-0.25, -0.2) is 4.39 Å². The van der Waals surface area contributed by atoms with E-state index in [4.69, 9.17) is 4.74 Å². The predicted molar refractivity (Wildman–Crippen MR) is 65.8 cm³/mol. The zero-order chi connectivity index (χ0) is 11.8. The van der Waals surface area contributed by atoms with Gasteiger partial charge in [0.25, 0.3) is 0 Å². The molecule has 0 bridgehead atoms. The van der Waals surface area contributed by atoms with Gasteiger partial charge in [-0.1, -0.05) is 0 Å². The molecule has 2 heterocycles. The summed E-state index contributed by atoms with van der Waals surface area (Å²) in [6.07, 6.45) is 1.23. The quantitative estimate of drug-likeness (QED) is 0.835. The molecular weight excluding hydrogens is 239 g/mol. The van der Waals surface area contributed by atoms with Gasteiger partial charge in [-0.3, -0.25) is 0 Å². The van der Waals surface area contributed by atoms with Crippen molar-refractivity contribution < 1.29 is 14.2 Å². The maximum absolute atomic E-state index is 13.1. The number of rotatable bonds is 1. The second-order valence-corrected chi connectivity index (χ2v) is 5.86. The summed E-state index contributed by atoms with van der Waals surface area (Å²) >= 11 is 1.94. The molecule has 0 radical (unpaired) electrons. The lowest BCUT2D eigenvalue weighted by molar-refractivity contribution is 0.0399. The van der Waals surface area contributed by atoms with Crippen molar-refractivity contribution in [1.82, 2.24) is 0 Å². The Kier molecular flexibility index (Phi) is 3.01. The molecule has 3 rings (SSSR count). The molecule has 2 unspecified atom stereocenters. The summed E-state index contributed by atoms with van der Waals surface area (Å²) in [5.74, 6) is 3.13. The standard InChI is InChI=1S/C13H15FO2S/c14-9-1-2-12-10(5-9)11(15)6-13(16-12)8-3-4-17-7-8/h1-2,5,8,11,13,15H,3-4,6-7H2/t8?,11-,13?/m0/s1. The predicted octanol–water partition coefficient (Wildman–Crippen LogP) is 2.76. The number of hydrogen-bond donors (Lipinski definition) is 1. The SMILES string of the molecule is O[C@H]1CC(C2CCSC2)Oc2ccc(F)cc21. The van der Waals surface area contributed by atoms with Crippen molar-refractivity contribution >= 4 is 11.8 Å². The van der Waals surface area contributed by atoms with Gasteiger partial charge in [0, 0.05) is 17.9 Å². The first-order chi connectivity index (χ1) is 8.24. The van der Waals surface area contributed by atoms with Crippen LogP contribution in [0.1, 0.15) is 24.5 Å². The van der Waals surface area contributed by atoms with E-state index < -0.39 is 6.10 Å². The minimum absolute atomic E-state index is 0.0814. The van der Waals surface area contributed by atoms with E-state index in [1.165, 1.54) is 17.9 Å². The highest BCUT2D eigenvalue weighted by Crippen LogP contribution is 2.40. The van der Waals surface area contributed by atoms with Crippen LogP contribution >= 0.6 is 11.8 Å². The Morgan fingerprint density at radius 2 is 2.29 bits per heavy atom. The molecule has 1 saturated heterocycles. The topological polar surface area (TPSA) is 29.5 Å². The maximum Gasteiger partial charge on any atom is 0.125 e. The summed E-state index contributed by atoms with van der Waals surface area (Å²) in [7, 11) is 0. The third-order valence-electron chi connectivity index (χ3n) is 3.56. The Hall–Kier alpha value is -0.740. The van der Waals surface area contributed by atoms with Crippen molar-refractivity contribution in [2.45, 2.75) is 25.0 Å². The van der Waals surface area contributed by atoms with E-state index >= 15 is 0 Å². The van der Waals surface area contributed by atoms with Crippen LogP contribution in [-0.4, -0.2) is 22.7 Å². The monoisotopic (exact) mass is 254 g/mol. The molecule has 1 fully saturated rings. The molecule has 4 heteroatoms. The van der Waals surface area contributed by atoms with Crippen molar-refractivity contribution in [2.24, 2.45) is 5.92 Å². The number of ether oxygens (including phenoxy) is 1. The maximum atomic E-state index is 13.1. The van der Waals surface area contributed by atoms with E-state index in [1.54, 1.807) is 6.07 Å². The fourth-order valence-electron chi connectivity index (χ4n) is 2.58. The van der Waals surface area contributed by atoms with Crippen LogP contribution in [0.5, 0.6) is 5.75 Å². The molecule has 17 heavy (non-hydrogen) atoms. The minimum atomic E-state index is -0.593. The fourth-order valence-corrected chi connectivity index (χ4v) is 3.90. The summed E-state index contributed by atoms with van der Waals surface area (Å²) in [6, 6.07) is 4.39. The molecular formula is C13H15FO2S. The van der Waals surface area contributed by atoms with Crippen LogP contribution in [0.15, 0.2) is 18.2 Å². The fraction of sp³-hybridized carbons (Fsp3) is 0.538. The van der Waals surface area contributed by atoms with Gasteiger partial charge in [0.2, 0.25) is 0 Å². The van der Waals surface area contributed by atoms with E-state index in [9.17, 15) is 9.50 Å². The molecule has 2 aliphatic heterocycles. The summed E-state index contributed by atoms with van der Waals surface area (Å²) in [4.78, 5) is 0. The molecule has 0 saturated carbocycles. The van der Waals surface area contributed by atoms with Crippen molar-refractivity contribution in [2.75, 3.05) is 11.5 Å². The highest BCUT2D eigenvalue weighted by atomic mass is 32.2. The Morgan fingerprint density at radius 3 is 3.06 bits per heavy atom. The van der Waals surface area contributed by atoms with Gasteiger partial charge in [0.15, 0.2) is 0 Å². The molecule has 1 aromatic rings. The number of thioether (sulfide) groups is 1. The molecule has 0 aromatic heterocycles. The molecule has 1 aromatic carbocycles. The van der Waals surface area contributed by atoms with Crippen LogP contribution in [-0.2, 0) is 0 Å². The van der Waals surface area contributed by atoms with E-state index in [1.807, 2.05) is 11.8 Å². The van der Waals surface area contributed by atoms with E-state index in [0.29, 0.717) is 23.7 Å². The van der Waals surface area contributed by atoms with Crippen LogP contribution in [0.3, 0.4) is 0 Å². The van der Waals surface area contributed by atoms with Gasteiger partial charge in [0.05, 0.1) is 6.10 Å². The lowest BCUT2D eigenvalue weighted by Crippen LogP contribution is -2.32. The smallest absolute Gasteiger partial charge is 0.125 e. The van der Waals surface area contributed by atoms with Crippen LogP contribution in [0.4, 0.5) is 4.39 Å². The first kappa shape index (κ1) is 11.4. The van der Waals surface area contributed by atoms with Crippen molar-refractivity contribution in [1.29, 1.82) is 0 Å². The lowest BCUT2D eigenvalue weighted by atomic mass is 9.91.